The maximum absolute atomic E-state index is 13.0. The minimum atomic E-state index is -0.666. The number of hydrogen-bond donors (Lipinski definition) is 1. The quantitative estimate of drug-likeness (QED) is 0.881. The number of nitrogens with zero attached hydrogens (tertiary/aromatic N) is 3. The number of aromatic nitrogens is 2. The number of piperidine rings is 1. The van der Waals surface area contributed by atoms with Crippen LogP contribution in [-0.4, -0.2) is 53.8 Å². The van der Waals surface area contributed by atoms with Crippen LogP contribution in [0.2, 0.25) is 0 Å². The molecule has 0 radical (unpaired) electrons. The molecule has 1 aliphatic rings. The van der Waals surface area contributed by atoms with Crippen LogP contribution in [0.3, 0.4) is 0 Å². The molecule has 25 heavy (non-hydrogen) atoms. The maximum Gasteiger partial charge on any atom is 0.241 e. The Kier molecular flexibility index (Phi) is 5.40. The number of ether oxygens (including phenoxy) is 1. The van der Waals surface area contributed by atoms with Crippen molar-refractivity contribution in [1.29, 1.82) is 0 Å². The summed E-state index contributed by atoms with van der Waals surface area (Å²) in [7, 11) is 1.52. The molecule has 2 atom stereocenters. The number of likely N-dealkylation sites (tertiary alicyclic amines) is 1. The van der Waals surface area contributed by atoms with Crippen molar-refractivity contribution in [1.82, 2.24) is 15.0 Å². The van der Waals surface area contributed by atoms with Crippen molar-refractivity contribution in [3.63, 3.8) is 0 Å². The van der Waals surface area contributed by atoms with E-state index in [4.69, 9.17) is 15.0 Å². The molecule has 7 nitrogen and oxygen atoms in total. The Morgan fingerprint density at radius 3 is 2.96 bits per heavy atom. The molecule has 2 unspecified atom stereocenters. The van der Waals surface area contributed by atoms with Gasteiger partial charge in [0.1, 0.15) is 11.9 Å². The highest BCUT2D eigenvalue weighted by Crippen LogP contribution is 2.27. The first-order valence-electron chi connectivity index (χ1n) is 8.21. The summed E-state index contributed by atoms with van der Waals surface area (Å²) < 4.78 is 23.3. The highest BCUT2D eigenvalue weighted by Gasteiger charge is 2.30. The second-order valence-corrected chi connectivity index (χ2v) is 6.15. The van der Waals surface area contributed by atoms with Crippen molar-refractivity contribution in [3.05, 3.63) is 36.0 Å². The predicted octanol–water partition coefficient (Wildman–Crippen LogP) is 1.56. The van der Waals surface area contributed by atoms with Gasteiger partial charge in [-0.1, -0.05) is 5.16 Å². The SMILES string of the molecule is COCC(N)C(=O)N1CCCC(c2nc(-c3ccc(F)cc3)no2)C1. The first-order valence-corrected chi connectivity index (χ1v) is 8.21. The summed E-state index contributed by atoms with van der Waals surface area (Å²) in [4.78, 5) is 18.5. The van der Waals surface area contributed by atoms with Crippen LogP contribution in [0.4, 0.5) is 4.39 Å². The minimum absolute atomic E-state index is 0.0332. The van der Waals surface area contributed by atoms with E-state index in [1.165, 1.54) is 19.2 Å². The monoisotopic (exact) mass is 348 g/mol. The topological polar surface area (TPSA) is 94.5 Å². The smallest absolute Gasteiger partial charge is 0.241 e. The average molecular weight is 348 g/mol. The fourth-order valence-corrected chi connectivity index (χ4v) is 2.98. The van der Waals surface area contributed by atoms with Crippen LogP contribution < -0.4 is 5.73 Å². The lowest BCUT2D eigenvalue weighted by atomic mass is 9.97. The summed E-state index contributed by atoms with van der Waals surface area (Å²) in [6, 6.07) is 5.24. The van der Waals surface area contributed by atoms with Crippen LogP contribution >= 0.6 is 0 Å². The van der Waals surface area contributed by atoms with Crippen LogP contribution in [0.5, 0.6) is 0 Å². The standard InChI is InChI=1S/C17H21FN4O3/c1-24-10-14(19)17(23)22-8-2-3-12(9-22)16-20-15(21-25-16)11-4-6-13(18)7-5-11/h4-7,12,14H,2-3,8-10,19H2,1H3. The lowest BCUT2D eigenvalue weighted by Gasteiger charge is -2.32. The van der Waals surface area contributed by atoms with Crippen molar-refractivity contribution in [2.75, 3.05) is 26.8 Å². The molecule has 0 bridgehead atoms. The fourth-order valence-electron chi connectivity index (χ4n) is 2.98. The molecular weight excluding hydrogens is 327 g/mol. The van der Waals surface area contributed by atoms with Crippen LogP contribution in [0.25, 0.3) is 11.4 Å². The van der Waals surface area contributed by atoms with Crippen LogP contribution in [0, 0.1) is 5.82 Å². The summed E-state index contributed by atoms with van der Waals surface area (Å²) in [6.07, 6.45) is 1.69. The summed E-state index contributed by atoms with van der Waals surface area (Å²) >= 11 is 0. The lowest BCUT2D eigenvalue weighted by Crippen LogP contribution is -2.49. The van der Waals surface area contributed by atoms with E-state index in [1.807, 2.05) is 0 Å². The lowest BCUT2D eigenvalue weighted by molar-refractivity contribution is -0.135. The molecule has 0 saturated carbocycles. The van der Waals surface area contributed by atoms with Gasteiger partial charge in [0.05, 0.1) is 12.5 Å². The number of carbonyl (C=O) groups is 1. The normalized spacial score (nSPS) is 19.0. The van der Waals surface area contributed by atoms with Crippen molar-refractivity contribution < 1.29 is 18.4 Å². The Morgan fingerprint density at radius 1 is 1.48 bits per heavy atom. The van der Waals surface area contributed by atoms with Crippen molar-refractivity contribution in [3.8, 4) is 11.4 Å². The average Bonchev–Trinajstić information content (AvgIpc) is 3.12. The molecule has 1 aromatic heterocycles. The second-order valence-electron chi connectivity index (χ2n) is 6.15. The van der Waals surface area contributed by atoms with E-state index in [0.29, 0.717) is 30.4 Å². The number of halogens is 1. The van der Waals surface area contributed by atoms with E-state index < -0.39 is 6.04 Å². The van der Waals surface area contributed by atoms with Crippen molar-refractivity contribution in [2.45, 2.75) is 24.8 Å². The largest absolute Gasteiger partial charge is 0.383 e. The third kappa shape index (κ3) is 4.02. The molecule has 1 aromatic carbocycles. The third-order valence-electron chi connectivity index (χ3n) is 4.29. The fraction of sp³-hybridized carbons (Fsp3) is 0.471. The summed E-state index contributed by atoms with van der Waals surface area (Å²) in [5, 5.41) is 3.97. The van der Waals surface area contributed by atoms with Gasteiger partial charge in [-0.2, -0.15) is 4.98 Å². The molecule has 2 heterocycles. The molecule has 3 rings (SSSR count). The Hall–Kier alpha value is -2.32. The van der Waals surface area contributed by atoms with Gasteiger partial charge in [-0.25, -0.2) is 4.39 Å². The van der Waals surface area contributed by atoms with E-state index in [1.54, 1.807) is 17.0 Å². The highest BCUT2D eigenvalue weighted by molar-refractivity contribution is 5.82. The molecule has 2 N–H and O–H groups in total. The molecule has 8 heteroatoms. The number of rotatable bonds is 5. The third-order valence-corrected chi connectivity index (χ3v) is 4.29. The Balaban J connectivity index is 1.70. The second kappa shape index (κ2) is 7.71. The number of carbonyl (C=O) groups excluding carboxylic acids is 1. The molecule has 1 aliphatic heterocycles. The predicted molar refractivity (Wildman–Crippen MR) is 88.1 cm³/mol. The summed E-state index contributed by atoms with van der Waals surface area (Å²) in [5.74, 6) is 0.409. The van der Waals surface area contributed by atoms with Gasteiger partial charge in [-0.05, 0) is 37.1 Å². The van der Waals surface area contributed by atoms with E-state index in [-0.39, 0.29) is 24.2 Å². The molecule has 1 amide bonds. The van der Waals surface area contributed by atoms with Gasteiger partial charge in [0.25, 0.3) is 0 Å². The van der Waals surface area contributed by atoms with E-state index >= 15 is 0 Å². The Labute approximate surface area is 144 Å². The molecule has 0 aliphatic carbocycles. The van der Waals surface area contributed by atoms with Crippen LogP contribution in [0.1, 0.15) is 24.7 Å². The van der Waals surface area contributed by atoms with Gasteiger partial charge >= 0.3 is 0 Å². The number of amides is 1. The highest BCUT2D eigenvalue weighted by atomic mass is 19.1. The number of hydrogen-bond acceptors (Lipinski definition) is 6. The zero-order valence-electron chi connectivity index (χ0n) is 14.0. The van der Waals surface area contributed by atoms with Crippen LogP contribution in [0.15, 0.2) is 28.8 Å². The van der Waals surface area contributed by atoms with Gasteiger partial charge < -0.3 is 19.9 Å². The first-order chi connectivity index (χ1) is 12.1. The van der Waals surface area contributed by atoms with Gasteiger partial charge in [-0.3, -0.25) is 4.79 Å². The minimum Gasteiger partial charge on any atom is -0.383 e. The van der Waals surface area contributed by atoms with E-state index in [0.717, 1.165) is 12.8 Å². The van der Waals surface area contributed by atoms with Crippen molar-refractivity contribution >= 4 is 5.91 Å². The number of benzene rings is 1. The summed E-state index contributed by atoms with van der Waals surface area (Å²) in [5.41, 5.74) is 6.52. The van der Waals surface area contributed by atoms with Gasteiger partial charge in [-0.15, -0.1) is 0 Å². The molecular formula is C17H21FN4O3. The van der Waals surface area contributed by atoms with E-state index in [2.05, 4.69) is 10.1 Å². The molecule has 2 aromatic rings. The zero-order valence-corrected chi connectivity index (χ0v) is 14.0. The number of nitrogens with two attached hydrogens (primary N) is 1. The Morgan fingerprint density at radius 2 is 2.24 bits per heavy atom. The van der Waals surface area contributed by atoms with E-state index in [9.17, 15) is 9.18 Å². The number of methoxy groups -OCH3 is 1. The Bertz CT molecular complexity index is 719. The first kappa shape index (κ1) is 17.5. The maximum atomic E-state index is 13.0. The molecule has 1 fully saturated rings. The molecule has 134 valence electrons. The molecule has 0 spiro atoms. The van der Waals surface area contributed by atoms with Crippen LogP contribution in [-0.2, 0) is 9.53 Å². The summed E-state index contributed by atoms with van der Waals surface area (Å²) in [6.45, 7) is 1.34. The van der Waals surface area contributed by atoms with Gasteiger partial charge in [0.15, 0.2) is 0 Å². The van der Waals surface area contributed by atoms with Crippen molar-refractivity contribution in [2.24, 2.45) is 5.73 Å². The van der Waals surface area contributed by atoms with Gasteiger partial charge in [0, 0.05) is 25.8 Å². The zero-order chi connectivity index (χ0) is 17.8. The molecule has 1 saturated heterocycles. The van der Waals surface area contributed by atoms with Gasteiger partial charge in [0.2, 0.25) is 17.6 Å².